The molecule has 2 aromatic heterocycles. The van der Waals surface area contributed by atoms with Gasteiger partial charge in [-0.15, -0.1) is 0 Å². The van der Waals surface area contributed by atoms with E-state index in [1.807, 2.05) is 4.90 Å². The van der Waals surface area contributed by atoms with Crippen molar-refractivity contribution in [1.29, 1.82) is 0 Å². The fraction of sp³-hybridized carbons (Fsp3) is 0.500. The Labute approximate surface area is 132 Å². The molecular weight excluding hydrogens is 308 g/mol. The third-order valence-electron chi connectivity index (χ3n) is 3.62. The number of rotatable bonds is 3. The van der Waals surface area contributed by atoms with Gasteiger partial charge in [0.15, 0.2) is 10.8 Å². The molecule has 0 unspecified atom stereocenters. The molecule has 7 heteroatoms. The maximum absolute atomic E-state index is 12.2. The fourth-order valence-electron chi connectivity index (χ4n) is 2.56. The van der Waals surface area contributed by atoms with Crippen molar-refractivity contribution in [2.75, 3.05) is 18.8 Å². The predicted molar refractivity (Wildman–Crippen MR) is 84.6 cm³/mol. The van der Waals surface area contributed by atoms with Gasteiger partial charge in [-0.1, -0.05) is 30.3 Å². The SMILES string of the molecule is C[C@H]1CCCN(C(=O)CSc2nc3ncc(Cl)cc3[nH]2)C1. The van der Waals surface area contributed by atoms with Gasteiger partial charge >= 0.3 is 0 Å². The summed E-state index contributed by atoms with van der Waals surface area (Å²) >= 11 is 7.31. The van der Waals surface area contributed by atoms with Gasteiger partial charge in [0.1, 0.15) is 0 Å². The van der Waals surface area contributed by atoms with Gasteiger partial charge in [-0.05, 0) is 24.8 Å². The zero-order valence-corrected chi connectivity index (χ0v) is 13.4. The number of nitrogens with one attached hydrogen (secondary N) is 1. The first-order valence-electron chi connectivity index (χ1n) is 7.03. The van der Waals surface area contributed by atoms with Crippen LogP contribution < -0.4 is 0 Å². The normalized spacial score (nSPS) is 19.1. The monoisotopic (exact) mass is 324 g/mol. The van der Waals surface area contributed by atoms with Crippen molar-refractivity contribution in [2.24, 2.45) is 5.92 Å². The van der Waals surface area contributed by atoms with Crippen molar-refractivity contribution in [3.05, 3.63) is 17.3 Å². The first-order chi connectivity index (χ1) is 10.1. The highest BCUT2D eigenvalue weighted by Gasteiger charge is 2.21. The van der Waals surface area contributed by atoms with Crippen LogP contribution in [-0.4, -0.2) is 44.6 Å². The van der Waals surface area contributed by atoms with E-state index in [0.29, 0.717) is 27.5 Å². The summed E-state index contributed by atoms with van der Waals surface area (Å²) < 4.78 is 0. The minimum absolute atomic E-state index is 0.179. The number of likely N-dealkylation sites (tertiary alicyclic amines) is 1. The molecule has 1 N–H and O–H groups in total. The average Bonchev–Trinajstić information content (AvgIpc) is 2.86. The van der Waals surface area contributed by atoms with Gasteiger partial charge in [0.25, 0.3) is 0 Å². The number of aromatic amines is 1. The first kappa shape index (κ1) is 14.7. The molecule has 3 rings (SSSR count). The Kier molecular flexibility index (Phi) is 4.35. The average molecular weight is 325 g/mol. The number of pyridine rings is 1. The molecule has 1 amide bonds. The van der Waals surface area contributed by atoms with Crippen LogP contribution in [0.1, 0.15) is 19.8 Å². The van der Waals surface area contributed by atoms with Crippen LogP contribution in [0, 0.1) is 5.92 Å². The molecular formula is C14H17ClN4OS. The number of fused-ring (bicyclic) bond motifs is 1. The summed E-state index contributed by atoms with van der Waals surface area (Å²) in [6.07, 6.45) is 3.89. The lowest BCUT2D eigenvalue weighted by Gasteiger charge is -2.30. The molecule has 1 atom stereocenters. The number of hydrogen-bond acceptors (Lipinski definition) is 4. The van der Waals surface area contributed by atoms with Gasteiger partial charge in [0.05, 0.1) is 16.3 Å². The molecule has 0 bridgehead atoms. The Morgan fingerprint density at radius 2 is 2.48 bits per heavy atom. The van der Waals surface area contributed by atoms with Crippen LogP contribution in [0.5, 0.6) is 0 Å². The Morgan fingerprint density at radius 3 is 3.29 bits per heavy atom. The molecule has 1 saturated heterocycles. The second-order valence-corrected chi connectivity index (χ2v) is 6.84. The summed E-state index contributed by atoms with van der Waals surface area (Å²) in [6, 6.07) is 1.79. The molecule has 5 nitrogen and oxygen atoms in total. The van der Waals surface area contributed by atoms with Crippen LogP contribution in [0.3, 0.4) is 0 Å². The summed E-state index contributed by atoms with van der Waals surface area (Å²) in [4.78, 5) is 25.8. The van der Waals surface area contributed by atoms with Gasteiger partial charge in [-0.2, -0.15) is 0 Å². The van der Waals surface area contributed by atoms with Crippen LogP contribution in [0.25, 0.3) is 11.2 Å². The van der Waals surface area contributed by atoms with Crippen LogP contribution in [0.4, 0.5) is 0 Å². The summed E-state index contributed by atoms with van der Waals surface area (Å²) in [5, 5.41) is 1.28. The number of amides is 1. The van der Waals surface area contributed by atoms with Crippen molar-refractivity contribution in [1.82, 2.24) is 19.9 Å². The summed E-state index contributed by atoms with van der Waals surface area (Å²) in [6.45, 7) is 3.94. The maximum Gasteiger partial charge on any atom is 0.233 e. The van der Waals surface area contributed by atoms with Gasteiger partial charge in [0.2, 0.25) is 5.91 Å². The molecule has 1 aliphatic rings. The van der Waals surface area contributed by atoms with Crippen LogP contribution in [0.15, 0.2) is 17.4 Å². The van der Waals surface area contributed by atoms with Crippen molar-refractivity contribution < 1.29 is 4.79 Å². The number of piperidine rings is 1. The van der Waals surface area contributed by atoms with Gasteiger partial charge in [-0.3, -0.25) is 4.79 Å². The number of halogens is 1. The second-order valence-electron chi connectivity index (χ2n) is 5.44. The summed E-state index contributed by atoms with van der Waals surface area (Å²) in [7, 11) is 0. The van der Waals surface area contributed by atoms with Crippen molar-refractivity contribution in [3.8, 4) is 0 Å². The van der Waals surface area contributed by atoms with E-state index >= 15 is 0 Å². The molecule has 0 aliphatic carbocycles. The number of hydrogen-bond donors (Lipinski definition) is 1. The lowest BCUT2D eigenvalue weighted by Crippen LogP contribution is -2.40. The zero-order valence-electron chi connectivity index (χ0n) is 11.8. The van der Waals surface area contributed by atoms with Crippen molar-refractivity contribution in [3.63, 3.8) is 0 Å². The molecule has 0 saturated carbocycles. The van der Waals surface area contributed by atoms with Crippen molar-refractivity contribution in [2.45, 2.75) is 24.9 Å². The number of H-pyrrole nitrogens is 1. The highest BCUT2D eigenvalue weighted by molar-refractivity contribution is 7.99. The third kappa shape index (κ3) is 3.49. The minimum atomic E-state index is 0.179. The number of aromatic nitrogens is 3. The van der Waals surface area contributed by atoms with E-state index in [1.54, 1.807) is 12.3 Å². The lowest BCUT2D eigenvalue weighted by molar-refractivity contribution is -0.130. The van der Waals surface area contributed by atoms with E-state index < -0.39 is 0 Å². The van der Waals surface area contributed by atoms with Gasteiger partial charge in [0, 0.05) is 19.3 Å². The van der Waals surface area contributed by atoms with E-state index in [0.717, 1.165) is 25.0 Å². The topological polar surface area (TPSA) is 61.9 Å². The van der Waals surface area contributed by atoms with Crippen LogP contribution in [0.2, 0.25) is 5.02 Å². The molecule has 1 aliphatic heterocycles. The first-order valence-corrected chi connectivity index (χ1v) is 8.40. The van der Waals surface area contributed by atoms with E-state index in [1.165, 1.54) is 18.2 Å². The Balaban J connectivity index is 1.61. The Bertz CT molecular complexity index is 659. The molecule has 21 heavy (non-hydrogen) atoms. The van der Waals surface area contributed by atoms with E-state index in [4.69, 9.17) is 11.6 Å². The fourth-order valence-corrected chi connectivity index (χ4v) is 3.49. The van der Waals surface area contributed by atoms with E-state index in [2.05, 4.69) is 21.9 Å². The Hall–Kier alpha value is -1.27. The summed E-state index contributed by atoms with van der Waals surface area (Å²) in [5.74, 6) is 1.18. The lowest BCUT2D eigenvalue weighted by atomic mass is 10.0. The molecule has 0 spiro atoms. The van der Waals surface area contributed by atoms with Gasteiger partial charge in [-0.25, -0.2) is 9.97 Å². The molecule has 3 heterocycles. The molecule has 1 fully saturated rings. The second kappa shape index (κ2) is 6.23. The number of carbonyl (C=O) groups is 1. The largest absolute Gasteiger partial charge is 0.342 e. The predicted octanol–water partition coefficient (Wildman–Crippen LogP) is 2.96. The van der Waals surface area contributed by atoms with E-state index in [9.17, 15) is 4.79 Å². The standard InChI is InChI=1S/C14H17ClN4OS/c1-9-3-2-4-19(7-9)12(20)8-21-14-17-11-5-10(15)6-16-13(11)18-14/h5-6,9H,2-4,7-8H2,1H3,(H,16,17,18)/t9-/m0/s1. The highest BCUT2D eigenvalue weighted by atomic mass is 35.5. The van der Waals surface area contributed by atoms with Crippen molar-refractivity contribution >= 4 is 40.4 Å². The van der Waals surface area contributed by atoms with Crippen LogP contribution in [-0.2, 0) is 4.79 Å². The van der Waals surface area contributed by atoms with E-state index in [-0.39, 0.29) is 5.91 Å². The minimum Gasteiger partial charge on any atom is -0.342 e. The zero-order chi connectivity index (χ0) is 14.8. The summed E-state index contributed by atoms with van der Waals surface area (Å²) in [5.41, 5.74) is 1.42. The number of carbonyl (C=O) groups excluding carboxylic acids is 1. The smallest absolute Gasteiger partial charge is 0.233 e. The molecule has 0 radical (unpaired) electrons. The number of imidazole rings is 1. The quantitative estimate of drug-likeness (QED) is 0.882. The van der Waals surface area contributed by atoms with Gasteiger partial charge < -0.3 is 9.88 Å². The molecule has 112 valence electrons. The number of nitrogens with zero attached hydrogens (tertiary/aromatic N) is 3. The molecule has 0 aromatic carbocycles. The van der Waals surface area contributed by atoms with Crippen LogP contribution >= 0.6 is 23.4 Å². The maximum atomic E-state index is 12.2. The Morgan fingerprint density at radius 1 is 1.62 bits per heavy atom. The highest BCUT2D eigenvalue weighted by Crippen LogP contribution is 2.22. The molecule has 2 aromatic rings. The number of thioether (sulfide) groups is 1. The third-order valence-corrected chi connectivity index (χ3v) is 4.69.